The Bertz CT molecular complexity index is 441. The fourth-order valence-corrected chi connectivity index (χ4v) is 4.87. The lowest BCUT2D eigenvalue weighted by atomic mass is 10.2. The van der Waals surface area contributed by atoms with E-state index in [1.807, 2.05) is 26.2 Å². The summed E-state index contributed by atoms with van der Waals surface area (Å²) in [6.45, 7) is 4.35. The molecule has 0 saturated heterocycles. The summed E-state index contributed by atoms with van der Waals surface area (Å²) in [7, 11) is 3.14. The van der Waals surface area contributed by atoms with E-state index in [0.717, 1.165) is 4.90 Å². The van der Waals surface area contributed by atoms with Crippen LogP contribution in [0, 0.1) is 5.41 Å². The molecular weight excluding hydrogens is 254 g/mol. The zero-order valence-electron chi connectivity index (χ0n) is 10.6. The maximum absolute atomic E-state index is 12.5. The maximum Gasteiger partial charge on any atom is 0.0621 e. The van der Waals surface area contributed by atoms with E-state index in [9.17, 15) is 4.21 Å². The van der Waals surface area contributed by atoms with Crippen molar-refractivity contribution >= 4 is 22.4 Å². The summed E-state index contributed by atoms with van der Waals surface area (Å²) >= 11 is 5.84. The van der Waals surface area contributed by atoms with Crippen LogP contribution < -0.4 is 0 Å². The molecule has 0 aliphatic heterocycles. The molecule has 1 aromatic rings. The zero-order valence-corrected chi connectivity index (χ0v) is 12.2. The Morgan fingerprint density at radius 2 is 1.76 bits per heavy atom. The van der Waals surface area contributed by atoms with Crippen LogP contribution in [0.2, 0.25) is 5.02 Å². The van der Waals surface area contributed by atoms with Crippen molar-refractivity contribution in [3.8, 4) is 0 Å². The summed E-state index contributed by atoms with van der Waals surface area (Å²) in [4.78, 5) is 3.04. The molecule has 1 fully saturated rings. The monoisotopic (exact) mass is 271 g/mol. The van der Waals surface area contributed by atoms with Gasteiger partial charge in [-0.25, -0.2) is 0 Å². The average molecular weight is 272 g/mol. The van der Waals surface area contributed by atoms with Crippen molar-refractivity contribution in [2.75, 3.05) is 14.1 Å². The minimum Gasteiger partial charge on any atom is -0.305 e. The van der Waals surface area contributed by atoms with E-state index in [-0.39, 0.29) is 10.7 Å². The molecular formula is C13H18ClNOS. The highest BCUT2D eigenvalue weighted by Gasteiger charge is 2.62. The van der Waals surface area contributed by atoms with Gasteiger partial charge >= 0.3 is 0 Å². The second-order valence-corrected chi connectivity index (χ2v) is 7.41. The summed E-state index contributed by atoms with van der Waals surface area (Å²) in [5, 5.41) is 0.892. The average Bonchev–Trinajstić information content (AvgIpc) is 2.82. The fraction of sp³-hybridized carbons (Fsp3) is 0.538. The molecule has 1 saturated carbocycles. The van der Waals surface area contributed by atoms with E-state index in [4.69, 9.17) is 11.6 Å². The van der Waals surface area contributed by atoms with Crippen LogP contribution in [-0.4, -0.2) is 34.5 Å². The van der Waals surface area contributed by atoms with Gasteiger partial charge in [0.1, 0.15) is 0 Å². The first-order chi connectivity index (χ1) is 7.85. The molecule has 0 amide bonds. The van der Waals surface area contributed by atoms with Crippen molar-refractivity contribution in [3.63, 3.8) is 0 Å². The van der Waals surface area contributed by atoms with Crippen molar-refractivity contribution in [3.05, 3.63) is 29.3 Å². The molecule has 17 heavy (non-hydrogen) atoms. The molecule has 0 spiro atoms. The summed E-state index contributed by atoms with van der Waals surface area (Å²) in [6, 6.07) is 7.71. The van der Waals surface area contributed by atoms with Crippen LogP contribution in [0.5, 0.6) is 0 Å². The summed E-state index contributed by atoms with van der Waals surface area (Å²) in [6.07, 6.45) is 0. The molecule has 3 atom stereocenters. The first kappa shape index (κ1) is 13.1. The van der Waals surface area contributed by atoms with Gasteiger partial charge in [0.25, 0.3) is 0 Å². The molecule has 0 heterocycles. The van der Waals surface area contributed by atoms with Crippen LogP contribution in [-0.2, 0) is 10.8 Å². The van der Waals surface area contributed by atoms with Gasteiger partial charge < -0.3 is 4.90 Å². The van der Waals surface area contributed by atoms with Crippen LogP contribution in [0.1, 0.15) is 13.8 Å². The van der Waals surface area contributed by atoms with Gasteiger partial charge in [0.15, 0.2) is 0 Å². The van der Waals surface area contributed by atoms with E-state index in [1.165, 1.54) is 0 Å². The predicted octanol–water partition coefficient (Wildman–Crippen LogP) is 2.79. The summed E-state index contributed by atoms with van der Waals surface area (Å²) in [5.41, 5.74) is 0.119. The van der Waals surface area contributed by atoms with Gasteiger partial charge in [0, 0.05) is 16.0 Å². The van der Waals surface area contributed by atoms with Crippen molar-refractivity contribution in [1.29, 1.82) is 0 Å². The number of halogens is 1. The Morgan fingerprint density at radius 3 is 2.18 bits per heavy atom. The first-order valence-corrected chi connectivity index (χ1v) is 7.27. The Morgan fingerprint density at radius 1 is 1.24 bits per heavy atom. The van der Waals surface area contributed by atoms with Crippen molar-refractivity contribution in [2.24, 2.45) is 5.41 Å². The fourth-order valence-electron chi connectivity index (χ4n) is 2.61. The van der Waals surface area contributed by atoms with E-state index in [2.05, 4.69) is 18.7 Å². The topological polar surface area (TPSA) is 20.3 Å². The molecule has 0 N–H and O–H groups in total. The highest BCUT2D eigenvalue weighted by molar-refractivity contribution is 7.86. The van der Waals surface area contributed by atoms with Gasteiger partial charge in [-0.3, -0.25) is 4.21 Å². The van der Waals surface area contributed by atoms with Gasteiger partial charge in [-0.15, -0.1) is 0 Å². The molecule has 0 bridgehead atoms. The maximum atomic E-state index is 12.5. The molecule has 2 nitrogen and oxygen atoms in total. The van der Waals surface area contributed by atoms with Gasteiger partial charge in [0.05, 0.1) is 16.0 Å². The molecule has 1 aliphatic carbocycles. The van der Waals surface area contributed by atoms with Gasteiger partial charge in [0.2, 0.25) is 0 Å². The Balaban J connectivity index is 2.20. The third-order valence-electron chi connectivity index (χ3n) is 3.51. The number of hydrogen-bond donors (Lipinski definition) is 0. The smallest absolute Gasteiger partial charge is 0.0621 e. The summed E-state index contributed by atoms with van der Waals surface area (Å²) < 4.78 is 12.5. The molecule has 1 unspecified atom stereocenters. The minimum absolute atomic E-state index is 0.119. The largest absolute Gasteiger partial charge is 0.305 e. The lowest BCUT2D eigenvalue weighted by Crippen LogP contribution is -2.20. The highest BCUT2D eigenvalue weighted by Crippen LogP contribution is 2.52. The van der Waals surface area contributed by atoms with Crippen molar-refractivity contribution < 1.29 is 4.21 Å². The van der Waals surface area contributed by atoms with Crippen molar-refractivity contribution in [2.45, 2.75) is 30.0 Å². The molecule has 4 heteroatoms. The predicted molar refractivity (Wildman–Crippen MR) is 72.9 cm³/mol. The van der Waals surface area contributed by atoms with Crippen molar-refractivity contribution in [1.82, 2.24) is 4.90 Å². The second kappa shape index (κ2) is 4.38. The third kappa shape index (κ3) is 2.28. The molecule has 2 rings (SSSR count). The number of hydrogen-bond acceptors (Lipinski definition) is 2. The van der Waals surface area contributed by atoms with E-state index < -0.39 is 10.8 Å². The lowest BCUT2D eigenvalue weighted by molar-refractivity contribution is 0.347. The molecule has 0 radical (unpaired) electrons. The van der Waals surface area contributed by atoms with Crippen LogP contribution in [0.3, 0.4) is 0 Å². The molecule has 1 aromatic carbocycles. The lowest BCUT2D eigenvalue weighted by Gasteiger charge is -2.10. The number of nitrogens with zero attached hydrogens (tertiary/aromatic N) is 1. The van der Waals surface area contributed by atoms with Crippen LogP contribution in [0.4, 0.5) is 0 Å². The quantitative estimate of drug-likeness (QED) is 0.843. The van der Waals surface area contributed by atoms with E-state index >= 15 is 0 Å². The SMILES string of the molecule is CN(C)[C@H]1[C@@H](S(=O)c2ccc(Cl)cc2)C1(C)C. The molecule has 1 aliphatic rings. The van der Waals surface area contributed by atoms with Crippen LogP contribution in [0.25, 0.3) is 0 Å². The number of rotatable bonds is 3. The van der Waals surface area contributed by atoms with Gasteiger partial charge in [-0.05, 0) is 43.8 Å². The summed E-state index contributed by atoms with van der Waals surface area (Å²) in [5.74, 6) is 0. The molecule has 0 aromatic heterocycles. The number of benzene rings is 1. The zero-order chi connectivity index (χ0) is 12.8. The Hall–Kier alpha value is -0.380. The Kier molecular flexibility index (Phi) is 3.36. The second-order valence-electron chi connectivity index (χ2n) is 5.40. The molecule has 94 valence electrons. The van der Waals surface area contributed by atoms with Gasteiger partial charge in [-0.2, -0.15) is 0 Å². The standard InChI is InChI=1S/C13H18ClNOS/c1-13(2)11(15(3)4)12(13)17(16)10-7-5-9(14)6-8-10/h5-8,11-12H,1-4H3/t11-,12+,17?/m0/s1. The Labute approximate surface area is 110 Å². The van der Waals surface area contributed by atoms with E-state index in [1.54, 1.807) is 12.1 Å². The van der Waals surface area contributed by atoms with Crippen LogP contribution in [0.15, 0.2) is 29.2 Å². The van der Waals surface area contributed by atoms with Gasteiger partial charge in [-0.1, -0.05) is 25.4 Å². The van der Waals surface area contributed by atoms with E-state index in [0.29, 0.717) is 11.1 Å². The first-order valence-electron chi connectivity index (χ1n) is 5.68. The third-order valence-corrected chi connectivity index (χ3v) is 5.82. The van der Waals surface area contributed by atoms with Crippen LogP contribution >= 0.6 is 11.6 Å². The minimum atomic E-state index is -0.953. The highest BCUT2D eigenvalue weighted by atomic mass is 35.5. The normalized spacial score (nSPS) is 28.1.